The summed E-state index contributed by atoms with van der Waals surface area (Å²) < 4.78 is 0.111. The fourth-order valence-electron chi connectivity index (χ4n) is 0.589. The summed E-state index contributed by atoms with van der Waals surface area (Å²) in [6, 6.07) is 10.0. The zero-order valence-corrected chi connectivity index (χ0v) is 10.6. The minimum atomic E-state index is 0.111. The molecule has 1 rings (SSSR count). The molecule has 0 fully saturated rings. The summed E-state index contributed by atoms with van der Waals surface area (Å²) in [7, 11) is 0. The summed E-state index contributed by atoms with van der Waals surface area (Å²) in [4.78, 5) is 0. The summed E-state index contributed by atoms with van der Waals surface area (Å²) in [5, 5.41) is 0. The van der Waals surface area contributed by atoms with Crippen LogP contribution in [0.2, 0.25) is 0 Å². The molecule has 3 heteroatoms. The van der Waals surface area contributed by atoms with Crippen molar-refractivity contribution in [3.8, 4) is 0 Å². The Labute approximate surface area is 106 Å². The maximum atomic E-state index is 4.85. The molecule has 1 aromatic carbocycles. The first-order chi connectivity index (χ1) is 7.08. The lowest BCUT2D eigenvalue weighted by Gasteiger charge is -1.85. The first kappa shape index (κ1) is 16.7. The molecule has 0 unspecified atom stereocenters. The van der Waals surface area contributed by atoms with E-state index < -0.39 is 0 Å². The standard InChI is InChI=1S/C8H8.C2H2Cl2.C2H3Cl/c1-2-8-6-4-3-5-7-8;1-2(3)4;1-2-3/h2-7H,1H2;1H2;2H,1H2. The predicted octanol–water partition coefficient (Wildman–Crippen LogP) is 5.63. The maximum absolute atomic E-state index is 4.85. The summed E-state index contributed by atoms with van der Waals surface area (Å²) in [6.07, 6.45) is 1.83. The van der Waals surface area contributed by atoms with Gasteiger partial charge in [-0.3, -0.25) is 0 Å². The van der Waals surface area contributed by atoms with Gasteiger partial charge >= 0.3 is 0 Å². The van der Waals surface area contributed by atoms with Crippen LogP contribution in [0.25, 0.3) is 6.08 Å². The van der Waals surface area contributed by atoms with Crippen LogP contribution in [0.5, 0.6) is 0 Å². The lowest BCUT2D eigenvalue weighted by atomic mass is 10.2. The molecule has 0 aliphatic heterocycles. The van der Waals surface area contributed by atoms with Crippen molar-refractivity contribution >= 4 is 40.9 Å². The highest BCUT2D eigenvalue weighted by molar-refractivity contribution is 6.55. The third-order valence-corrected chi connectivity index (χ3v) is 1.04. The molecule has 0 aromatic heterocycles. The molecule has 0 nitrogen and oxygen atoms in total. The van der Waals surface area contributed by atoms with Gasteiger partial charge in [-0.05, 0) is 11.1 Å². The molecule has 0 spiro atoms. The quantitative estimate of drug-likeness (QED) is 0.615. The second-order valence-electron chi connectivity index (χ2n) is 2.11. The fraction of sp³-hybridized carbons (Fsp3) is 0. The zero-order chi connectivity index (χ0) is 12.1. The Morgan fingerprint density at radius 3 is 1.60 bits per heavy atom. The van der Waals surface area contributed by atoms with Crippen LogP contribution in [0.1, 0.15) is 5.56 Å². The highest BCUT2D eigenvalue weighted by Crippen LogP contribution is 1.98. The van der Waals surface area contributed by atoms with E-state index in [-0.39, 0.29) is 4.49 Å². The highest BCUT2D eigenvalue weighted by Gasteiger charge is 1.75. The molecule has 0 amide bonds. The molecule has 0 bridgehead atoms. The number of benzene rings is 1. The van der Waals surface area contributed by atoms with E-state index in [9.17, 15) is 0 Å². The molecule has 0 atom stereocenters. The molecule has 1 aromatic rings. The van der Waals surface area contributed by atoms with Gasteiger partial charge in [-0.25, -0.2) is 0 Å². The molecular formula is C12H13Cl3. The van der Waals surface area contributed by atoms with Gasteiger partial charge in [0.1, 0.15) is 0 Å². The Hall–Kier alpha value is -0.690. The van der Waals surface area contributed by atoms with Crippen LogP contribution in [-0.4, -0.2) is 0 Å². The highest BCUT2D eigenvalue weighted by atomic mass is 35.5. The molecular weight excluding hydrogens is 250 g/mol. The number of halogens is 3. The van der Waals surface area contributed by atoms with Crippen LogP contribution in [0.15, 0.2) is 60.1 Å². The summed E-state index contributed by atoms with van der Waals surface area (Å²) >= 11 is 14.5. The van der Waals surface area contributed by atoms with E-state index in [0.29, 0.717) is 0 Å². The van der Waals surface area contributed by atoms with E-state index in [0.717, 1.165) is 0 Å². The van der Waals surface area contributed by atoms with Crippen LogP contribution in [-0.2, 0) is 0 Å². The lowest BCUT2D eigenvalue weighted by molar-refractivity contribution is 1.67. The molecule has 0 aliphatic rings. The average molecular weight is 264 g/mol. The Morgan fingerprint density at radius 1 is 1.07 bits per heavy atom. The van der Waals surface area contributed by atoms with Crippen molar-refractivity contribution in [1.29, 1.82) is 0 Å². The van der Waals surface area contributed by atoms with Crippen molar-refractivity contribution in [2.75, 3.05) is 0 Å². The first-order valence-electron chi connectivity index (χ1n) is 3.97. The fourth-order valence-corrected chi connectivity index (χ4v) is 0.589. The molecule has 0 heterocycles. The van der Waals surface area contributed by atoms with Crippen molar-refractivity contribution in [2.45, 2.75) is 0 Å². The van der Waals surface area contributed by atoms with E-state index in [1.54, 1.807) is 0 Å². The summed E-state index contributed by atoms with van der Waals surface area (Å²) in [5.41, 5.74) is 2.40. The van der Waals surface area contributed by atoms with Crippen LogP contribution in [0, 0.1) is 0 Å². The van der Waals surface area contributed by atoms with Crippen LogP contribution in [0.4, 0.5) is 0 Å². The minimum absolute atomic E-state index is 0.111. The normalized spacial score (nSPS) is 7.13. The molecule has 0 aliphatic carbocycles. The second-order valence-corrected chi connectivity index (χ2v) is 3.52. The van der Waals surface area contributed by atoms with E-state index >= 15 is 0 Å². The number of hydrogen-bond donors (Lipinski definition) is 0. The molecule has 0 saturated carbocycles. The number of rotatable bonds is 1. The van der Waals surface area contributed by atoms with Crippen LogP contribution in [0.3, 0.4) is 0 Å². The minimum Gasteiger partial charge on any atom is -0.0985 e. The van der Waals surface area contributed by atoms with Gasteiger partial charge in [-0.15, -0.1) is 0 Å². The smallest absolute Gasteiger partial charge is 0.0985 e. The van der Waals surface area contributed by atoms with Crippen molar-refractivity contribution in [1.82, 2.24) is 0 Å². The Balaban J connectivity index is 0. The Morgan fingerprint density at radius 2 is 1.40 bits per heavy atom. The SMILES string of the molecule is C=C(Cl)Cl.C=CCl.C=Cc1ccccc1. The third-order valence-electron chi connectivity index (χ3n) is 1.04. The first-order valence-corrected chi connectivity index (χ1v) is 5.16. The average Bonchev–Trinajstić information content (AvgIpc) is 2.19. The summed E-state index contributed by atoms with van der Waals surface area (Å²) in [6.45, 7) is 9.84. The van der Waals surface area contributed by atoms with E-state index in [1.807, 2.05) is 36.4 Å². The van der Waals surface area contributed by atoms with Gasteiger partial charge in [0.2, 0.25) is 0 Å². The Bertz CT molecular complexity index is 274. The van der Waals surface area contributed by atoms with Gasteiger partial charge in [0.15, 0.2) is 0 Å². The molecule has 15 heavy (non-hydrogen) atoms. The van der Waals surface area contributed by atoms with Crippen molar-refractivity contribution < 1.29 is 0 Å². The molecule has 0 N–H and O–H groups in total. The topological polar surface area (TPSA) is 0 Å². The summed E-state index contributed by atoms with van der Waals surface area (Å²) in [5.74, 6) is 0. The number of hydrogen-bond acceptors (Lipinski definition) is 0. The second kappa shape index (κ2) is 13.3. The third kappa shape index (κ3) is 19.6. The zero-order valence-electron chi connectivity index (χ0n) is 8.30. The molecule has 0 saturated heterocycles. The van der Waals surface area contributed by atoms with Gasteiger partial charge < -0.3 is 0 Å². The van der Waals surface area contributed by atoms with E-state index in [1.165, 1.54) is 11.1 Å². The van der Waals surface area contributed by atoms with Gasteiger partial charge in [0.25, 0.3) is 0 Å². The van der Waals surface area contributed by atoms with Gasteiger partial charge in [0, 0.05) is 0 Å². The molecule has 0 radical (unpaired) electrons. The van der Waals surface area contributed by atoms with Gasteiger partial charge in [0.05, 0.1) is 4.49 Å². The van der Waals surface area contributed by atoms with Gasteiger partial charge in [-0.1, -0.05) is 90.9 Å². The van der Waals surface area contributed by atoms with Crippen molar-refractivity contribution in [3.63, 3.8) is 0 Å². The van der Waals surface area contributed by atoms with Crippen LogP contribution < -0.4 is 0 Å². The maximum Gasteiger partial charge on any atom is 0.0992 e. The monoisotopic (exact) mass is 262 g/mol. The van der Waals surface area contributed by atoms with E-state index in [2.05, 4.69) is 19.7 Å². The van der Waals surface area contributed by atoms with Crippen molar-refractivity contribution in [2.24, 2.45) is 0 Å². The van der Waals surface area contributed by atoms with E-state index in [4.69, 9.17) is 34.8 Å². The van der Waals surface area contributed by atoms with Crippen LogP contribution >= 0.6 is 34.8 Å². The Kier molecular flexibility index (Phi) is 14.8. The largest absolute Gasteiger partial charge is 0.0992 e. The molecule has 82 valence electrons. The van der Waals surface area contributed by atoms with Gasteiger partial charge in [-0.2, -0.15) is 0 Å². The predicted molar refractivity (Wildman–Crippen MR) is 73.4 cm³/mol. The lowest BCUT2D eigenvalue weighted by Crippen LogP contribution is -1.63. The van der Waals surface area contributed by atoms with Crippen molar-refractivity contribution in [3.05, 3.63) is 65.7 Å².